The van der Waals surface area contributed by atoms with E-state index >= 15 is 0 Å². The molecule has 0 spiro atoms. The Balaban J connectivity index is 2.68. The predicted octanol–water partition coefficient (Wildman–Crippen LogP) is 4.05. The van der Waals surface area contributed by atoms with Crippen LogP contribution in [0.5, 0.6) is 0 Å². The predicted molar refractivity (Wildman–Crippen MR) is 106 cm³/mol. The SMILES string of the molecule is CCOC(CCl)/S(=N/S(=O)(=O)c1ccc(C)cc1)c1ccccc1[N+](=O)[O-]. The number of benzene rings is 2. The third-order valence-electron chi connectivity index (χ3n) is 3.51. The first-order valence-electron chi connectivity index (χ1n) is 7.99. The van der Waals surface area contributed by atoms with Crippen molar-refractivity contribution in [3.8, 4) is 0 Å². The molecule has 0 radical (unpaired) electrons. The Hall–Kier alpha value is -1.81. The molecule has 2 aromatic carbocycles. The second kappa shape index (κ2) is 9.41. The first kappa shape index (κ1) is 21.5. The zero-order valence-corrected chi connectivity index (χ0v) is 17.1. The van der Waals surface area contributed by atoms with Crippen LogP contribution in [0.2, 0.25) is 0 Å². The highest BCUT2D eigenvalue weighted by atomic mass is 35.5. The monoisotopic (exact) mass is 430 g/mol. The minimum absolute atomic E-state index is 0.00834. The first-order valence-corrected chi connectivity index (χ1v) is 11.2. The van der Waals surface area contributed by atoms with Crippen LogP contribution in [0.1, 0.15) is 12.5 Å². The Bertz CT molecular complexity index is 946. The normalized spacial score (nSPS) is 14.0. The fourth-order valence-electron chi connectivity index (χ4n) is 2.23. The lowest BCUT2D eigenvalue weighted by atomic mass is 10.2. The minimum Gasteiger partial charge on any atom is -0.365 e. The zero-order chi connectivity index (χ0) is 20.0. The average Bonchev–Trinajstić information content (AvgIpc) is 2.65. The van der Waals surface area contributed by atoms with Crippen molar-refractivity contribution >= 4 is 38.0 Å². The lowest BCUT2D eigenvalue weighted by molar-refractivity contribution is -0.387. The number of sulfonamides is 1. The number of ether oxygens (including phenoxy) is 1. The molecular weight excluding hydrogens is 412 g/mol. The summed E-state index contributed by atoms with van der Waals surface area (Å²) >= 11 is 5.98. The largest absolute Gasteiger partial charge is 0.365 e. The summed E-state index contributed by atoms with van der Waals surface area (Å²) in [5.41, 5.74) is -0.129. The van der Waals surface area contributed by atoms with Crippen molar-refractivity contribution in [3.63, 3.8) is 0 Å². The van der Waals surface area contributed by atoms with E-state index in [2.05, 4.69) is 3.77 Å². The molecule has 7 nitrogen and oxygen atoms in total. The van der Waals surface area contributed by atoms with Gasteiger partial charge in [0.05, 0.1) is 20.6 Å². The molecule has 0 saturated carbocycles. The number of aryl methyl sites for hydroxylation is 1. The lowest BCUT2D eigenvalue weighted by Gasteiger charge is -2.18. The molecule has 0 amide bonds. The molecule has 0 heterocycles. The van der Waals surface area contributed by atoms with E-state index in [0.29, 0.717) is 0 Å². The van der Waals surface area contributed by atoms with E-state index in [1.165, 1.54) is 30.3 Å². The van der Waals surface area contributed by atoms with Crippen LogP contribution in [-0.4, -0.2) is 31.3 Å². The number of hydrogen-bond acceptors (Lipinski definition) is 5. The van der Waals surface area contributed by atoms with E-state index in [4.69, 9.17) is 16.3 Å². The molecule has 0 aliphatic heterocycles. The van der Waals surface area contributed by atoms with E-state index in [-0.39, 0.29) is 28.0 Å². The van der Waals surface area contributed by atoms with Crippen molar-refractivity contribution in [2.45, 2.75) is 29.1 Å². The van der Waals surface area contributed by atoms with E-state index in [1.807, 2.05) is 6.92 Å². The van der Waals surface area contributed by atoms with Gasteiger partial charge in [0.2, 0.25) is 0 Å². The number of nitro benzene ring substituents is 1. The molecule has 0 bridgehead atoms. The van der Waals surface area contributed by atoms with Gasteiger partial charge in [-0.2, -0.15) is 8.42 Å². The second-order valence-corrected chi connectivity index (χ2v) is 9.36. The van der Waals surface area contributed by atoms with Crippen LogP contribution >= 0.6 is 11.6 Å². The van der Waals surface area contributed by atoms with Crippen molar-refractivity contribution in [2.24, 2.45) is 3.77 Å². The molecule has 0 saturated heterocycles. The average molecular weight is 431 g/mol. The molecule has 0 aliphatic rings. The highest BCUT2D eigenvalue weighted by Gasteiger charge is 2.26. The molecule has 0 aromatic heterocycles. The maximum atomic E-state index is 12.8. The number of hydrogen-bond donors (Lipinski definition) is 0. The van der Waals surface area contributed by atoms with Crippen LogP contribution in [0.25, 0.3) is 0 Å². The van der Waals surface area contributed by atoms with Gasteiger partial charge in [-0.15, -0.1) is 15.4 Å². The Morgan fingerprint density at radius 3 is 2.41 bits per heavy atom. The number of alkyl halides is 1. The quantitative estimate of drug-likeness (QED) is 0.357. The van der Waals surface area contributed by atoms with Crippen LogP contribution < -0.4 is 0 Å². The zero-order valence-electron chi connectivity index (χ0n) is 14.7. The van der Waals surface area contributed by atoms with Crippen molar-refractivity contribution in [1.82, 2.24) is 0 Å². The molecule has 0 fully saturated rings. The molecule has 2 unspecified atom stereocenters. The van der Waals surface area contributed by atoms with Crippen LogP contribution in [0.15, 0.2) is 62.1 Å². The Kier molecular flexibility index (Phi) is 7.49. The van der Waals surface area contributed by atoms with Gasteiger partial charge in [0.25, 0.3) is 15.7 Å². The van der Waals surface area contributed by atoms with Crippen LogP contribution in [0.4, 0.5) is 5.69 Å². The summed E-state index contributed by atoms with van der Waals surface area (Å²) in [7, 11) is -5.56. The molecule has 2 rings (SSSR count). The van der Waals surface area contributed by atoms with Crippen molar-refractivity contribution in [3.05, 3.63) is 64.2 Å². The highest BCUT2D eigenvalue weighted by Crippen LogP contribution is 2.28. The van der Waals surface area contributed by atoms with E-state index in [0.717, 1.165) is 5.56 Å². The Morgan fingerprint density at radius 1 is 1.22 bits per heavy atom. The van der Waals surface area contributed by atoms with Gasteiger partial charge in [0.1, 0.15) is 5.44 Å². The smallest absolute Gasteiger partial charge is 0.288 e. The molecule has 27 heavy (non-hydrogen) atoms. The summed E-state index contributed by atoms with van der Waals surface area (Å²) in [5, 5.41) is 11.4. The number of halogens is 1. The molecular formula is C17H19ClN2O5S2. The van der Waals surface area contributed by atoms with Gasteiger partial charge in [-0.25, -0.2) is 0 Å². The van der Waals surface area contributed by atoms with Gasteiger partial charge < -0.3 is 4.74 Å². The number of nitro groups is 1. The van der Waals surface area contributed by atoms with Gasteiger partial charge in [0, 0.05) is 12.7 Å². The summed E-state index contributed by atoms with van der Waals surface area (Å²) < 4.78 is 35.2. The second-order valence-electron chi connectivity index (χ2n) is 5.44. The van der Waals surface area contributed by atoms with Crippen LogP contribution in [0.3, 0.4) is 0 Å². The summed E-state index contributed by atoms with van der Waals surface area (Å²) in [6.45, 7) is 3.83. The fourth-order valence-corrected chi connectivity index (χ4v) is 6.29. The molecule has 0 aliphatic carbocycles. The summed E-state index contributed by atoms with van der Waals surface area (Å²) in [6, 6.07) is 12.1. The third kappa shape index (κ3) is 5.35. The maximum Gasteiger partial charge on any atom is 0.288 e. The Labute approximate surface area is 165 Å². The summed E-state index contributed by atoms with van der Waals surface area (Å²) in [5.74, 6) is -0.0596. The van der Waals surface area contributed by atoms with Gasteiger partial charge in [-0.3, -0.25) is 10.1 Å². The number of nitrogens with zero attached hydrogens (tertiary/aromatic N) is 2. The van der Waals surface area contributed by atoms with Crippen molar-refractivity contribution in [2.75, 3.05) is 12.5 Å². The Morgan fingerprint density at radius 2 is 1.85 bits per heavy atom. The van der Waals surface area contributed by atoms with Gasteiger partial charge in [-0.05, 0) is 42.7 Å². The van der Waals surface area contributed by atoms with Crippen molar-refractivity contribution < 1.29 is 18.1 Å². The molecule has 146 valence electrons. The van der Waals surface area contributed by atoms with Crippen LogP contribution in [0, 0.1) is 17.0 Å². The summed E-state index contributed by atoms with van der Waals surface area (Å²) in [6.07, 6.45) is 0. The van der Waals surface area contributed by atoms with Crippen molar-refractivity contribution in [1.29, 1.82) is 0 Å². The third-order valence-corrected chi connectivity index (χ3v) is 7.87. The van der Waals surface area contributed by atoms with Crippen LogP contribution in [-0.2, 0) is 25.5 Å². The number of para-hydroxylation sites is 1. The molecule has 2 atom stereocenters. The topological polar surface area (TPSA) is 98.9 Å². The van der Waals surface area contributed by atoms with E-state index < -0.39 is 31.1 Å². The fraction of sp³-hybridized carbons (Fsp3) is 0.294. The molecule has 0 N–H and O–H groups in total. The van der Waals surface area contributed by atoms with Gasteiger partial charge in [0.15, 0.2) is 0 Å². The maximum absolute atomic E-state index is 12.8. The minimum atomic E-state index is -4.06. The van der Waals surface area contributed by atoms with E-state index in [9.17, 15) is 18.5 Å². The molecule has 10 heteroatoms. The summed E-state index contributed by atoms with van der Waals surface area (Å²) in [4.78, 5) is 11.0. The van der Waals surface area contributed by atoms with Gasteiger partial charge in [-0.1, -0.05) is 29.8 Å². The first-order chi connectivity index (χ1) is 12.8. The highest BCUT2D eigenvalue weighted by molar-refractivity contribution is 8.00. The lowest BCUT2D eigenvalue weighted by Crippen LogP contribution is -2.23. The van der Waals surface area contributed by atoms with E-state index in [1.54, 1.807) is 25.1 Å². The number of rotatable bonds is 8. The van der Waals surface area contributed by atoms with Gasteiger partial charge >= 0.3 is 0 Å². The molecule has 2 aromatic rings. The standard InChI is InChI=1S/C17H19ClN2O5S2/c1-3-25-17(12-18)26(16-7-5-4-6-15(16)20(21)22)19-27(23,24)14-10-8-13(2)9-11-14/h4-11,17H,3,12H2,1-2H3.